The Balaban J connectivity index is 3.46. The summed E-state index contributed by atoms with van der Waals surface area (Å²) < 4.78 is 31.2. The summed E-state index contributed by atoms with van der Waals surface area (Å²) in [6, 6.07) is 0. The van der Waals surface area contributed by atoms with E-state index in [0.717, 1.165) is 19.3 Å². The number of hydrogen-bond acceptors (Lipinski definition) is 4. The van der Waals surface area contributed by atoms with Crippen molar-refractivity contribution >= 4 is 17.2 Å². The SMILES string of the molecule is CCCCCCCCCCCCCCCCCCOC(C(C)OC(=O)NC)S(=O)O. The van der Waals surface area contributed by atoms with Crippen molar-refractivity contribution in [3.05, 3.63) is 0 Å². The van der Waals surface area contributed by atoms with Gasteiger partial charge in [0.25, 0.3) is 0 Å². The van der Waals surface area contributed by atoms with Gasteiger partial charge in [-0.15, -0.1) is 0 Å². The molecule has 0 rings (SSSR count). The van der Waals surface area contributed by atoms with E-state index in [2.05, 4.69) is 12.2 Å². The van der Waals surface area contributed by atoms with Gasteiger partial charge in [0.05, 0.1) is 0 Å². The highest BCUT2D eigenvalue weighted by Crippen LogP contribution is 2.14. The Bertz CT molecular complexity index is 422. The molecule has 2 N–H and O–H groups in total. The molecule has 0 radical (unpaired) electrons. The molecule has 3 unspecified atom stereocenters. The highest BCUT2D eigenvalue weighted by molar-refractivity contribution is 7.79. The van der Waals surface area contributed by atoms with Gasteiger partial charge in [0.1, 0.15) is 6.10 Å². The van der Waals surface area contributed by atoms with Crippen molar-refractivity contribution in [2.75, 3.05) is 13.7 Å². The zero-order chi connectivity index (χ0) is 22.5. The molecule has 0 aliphatic rings. The first kappa shape index (κ1) is 29.3. The van der Waals surface area contributed by atoms with Crippen molar-refractivity contribution in [1.29, 1.82) is 0 Å². The van der Waals surface area contributed by atoms with Crippen LogP contribution in [0.5, 0.6) is 0 Å². The van der Waals surface area contributed by atoms with Crippen molar-refractivity contribution in [2.24, 2.45) is 0 Å². The molecular weight excluding hydrogens is 402 g/mol. The molecule has 30 heavy (non-hydrogen) atoms. The summed E-state index contributed by atoms with van der Waals surface area (Å²) in [5, 5.41) is 2.32. The van der Waals surface area contributed by atoms with Gasteiger partial charge in [0, 0.05) is 13.7 Å². The van der Waals surface area contributed by atoms with Crippen LogP contribution in [-0.4, -0.2) is 40.0 Å². The summed E-state index contributed by atoms with van der Waals surface area (Å²) in [4.78, 5) is 11.2. The lowest BCUT2D eigenvalue weighted by Crippen LogP contribution is -2.37. The van der Waals surface area contributed by atoms with E-state index >= 15 is 0 Å². The van der Waals surface area contributed by atoms with Gasteiger partial charge in [-0.25, -0.2) is 9.00 Å². The van der Waals surface area contributed by atoms with Crippen LogP contribution in [-0.2, 0) is 20.6 Å². The third-order valence-electron chi connectivity index (χ3n) is 5.36. The minimum atomic E-state index is -2.20. The summed E-state index contributed by atoms with van der Waals surface area (Å²) in [6.45, 7) is 4.22. The minimum Gasteiger partial charge on any atom is -0.443 e. The van der Waals surface area contributed by atoms with Gasteiger partial charge >= 0.3 is 6.09 Å². The highest BCUT2D eigenvalue weighted by atomic mass is 32.2. The number of nitrogens with one attached hydrogen (secondary N) is 1. The second-order valence-electron chi connectivity index (χ2n) is 8.18. The quantitative estimate of drug-likeness (QED) is 0.153. The summed E-state index contributed by atoms with van der Waals surface area (Å²) in [7, 11) is 1.44. The molecular formula is C23H47NO5S. The van der Waals surface area contributed by atoms with Crippen molar-refractivity contribution < 1.29 is 23.0 Å². The first-order valence-corrected chi connectivity index (χ1v) is 13.3. The highest BCUT2D eigenvalue weighted by Gasteiger charge is 2.26. The molecule has 0 heterocycles. The van der Waals surface area contributed by atoms with E-state index in [-0.39, 0.29) is 0 Å². The van der Waals surface area contributed by atoms with Crippen molar-refractivity contribution in [1.82, 2.24) is 5.32 Å². The van der Waals surface area contributed by atoms with Crippen LogP contribution in [0.4, 0.5) is 4.79 Å². The second kappa shape index (κ2) is 21.6. The molecule has 0 spiro atoms. The number of alkyl carbamates (subject to hydrolysis) is 1. The Labute approximate surface area is 187 Å². The lowest BCUT2D eigenvalue weighted by Gasteiger charge is -2.21. The first-order chi connectivity index (χ1) is 14.5. The fraction of sp³-hybridized carbons (Fsp3) is 0.957. The van der Waals surface area contributed by atoms with Crippen molar-refractivity contribution in [3.8, 4) is 0 Å². The molecule has 3 atom stereocenters. The van der Waals surface area contributed by atoms with Gasteiger partial charge in [-0.3, -0.25) is 0 Å². The van der Waals surface area contributed by atoms with Crippen LogP contribution in [0.25, 0.3) is 0 Å². The topological polar surface area (TPSA) is 84.9 Å². The Morgan fingerprint density at radius 2 is 1.23 bits per heavy atom. The molecule has 0 aromatic rings. The molecule has 0 bridgehead atoms. The molecule has 0 aliphatic heterocycles. The molecule has 7 heteroatoms. The maximum atomic E-state index is 11.4. The molecule has 1 amide bonds. The fourth-order valence-corrected chi connectivity index (χ4v) is 4.09. The normalized spacial score (nSPS) is 14.3. The van der Waals surface area contributed by atoms with Crippen LogP contribution in [0, 0.1) is 0 Å². The van der Waals surface area contributed by atoms with Crippen LogP contribution < -0.4 is 5.32 Å². The molecule has 0 saturated carbocycles. The number of hydrogen-bond donors (Lipinski definition) is 2. The number of unbranched alkanes of at least 4 members (excludes halogenated alkanes) is 15. The van der Waals surface area contributed by atoms with E-state index in [1.165, 1.54) is 90.5 Å². The Hall–Kier alpha value is -0.660. The van der Waals surface area contributed by atoms with Crippen LogP contribution in [0.1, 0.15) is 117 Å². The Kier molecular flexibility index (Phi) is 21.1. The first-order valence-electron chi connectivity index (χ1n) is 12.1. The number of carbonyl (C=O) groups is 1. The third-order valence-corrected chi connectivity index (χ3v) is 6.28. The van der Waals surface area contributed by atoms with E-state index in [0.29, 0.717) is 6.61 Å². The van der Waals surface area contributed by atoms with Crippen LogP contribution in [0.2, 0.25) is 0 Å². The molecule has 180 valence electrons. The van der Waals surface area contributed by atoms with E-state index in [1.807, 2.05) is 0 Å². The zero-order valence-electron chi connectivity index (χ0n) is 19.7. The lowest BCUT2D eigenvalue weighted by atomic mass is 10.0. The van der Waals surface area contributed by atoms with Gasteiger partial charge in [-0.1, -0.05) is 103 Å². The summed E-state index contributed by atoms with van der Waals surface area (Å²) in [6.07, 6.45) is 19.4. The van der Waals surface area contributed by atoms with E-state index < -0.39 is 28.7 Å². The maximum absolute atomic E-state index is 11.4. The van der Waals surface area contributed by atoms with Gasteiger partial charge in [0.15, 0.2) is 16.5 Å². The Morgan fingerprint density at radius 1 is 0.833 bits per heavy atom. The van der Waals surface area contributed by atoms with E-state index in [9.17, 15) is 13.6 Å². The summed E-state index contributed by atoms with van der Waals surface area (Å²) >= 11 is -2.20. The molecule has 0 aromatic heterocycles. The van der Waals surface area contributed by atoms with Gasteiger partial charge in [-0.2, -0.15) is 0 Å². The second-order valence-corrected chi connectivity index (χ2v) is 9.20. The third kappa shape index (κ3) is 18.1. The average Bonchev–Trinajstić information content (AvgIpc) is 2.72. The van der Waals surface area contributed by atoms with Crippen molar-refractivity contribution in [2.45, 2.75) is 128 Å². The largest absolute Gasteiger partial charge is 0.443 e. The van der Waals surface area contributed by atoms with Gasteiger partial charge < -0.3 is 19.3 Å². The number of rotatable bonds is 21. The number of amides is 1. The van der Waals surface area contributed by atoms with E-state index in [1.54, 1.807) is 6.92 Å². The standard InChI is InChI=1S/C23H47NO5S/c1-4-5-6-7-8-9-10-11-12-13-14-15-16-17-18-19-20-28-22(30(26)27)21(2)29-23(25)24-3/h21-22H,4-20H2,1-3H3,(H,24,25)(H,26,27). The van der Waals surface area contributed by atoms with Crippen molar-refractivity contribution in [3.63, 3.8) is 0 Å². The molecule has 0 saturated heterocycles. The molecule has 0 fully saturated rings. The molecule has 6 nitrogen and oxygen atoms in total. The maximum Gasteiger partial charge on any atom is 0.407 e. The number of ether oxygens (including phenoxy) is 2. The lowest BCUT2D eigenvalue weighted by molar-refractivity contribution is 0.00371. The zero-order valence-corrected chi connectivity index (χ0v) is 20.5. The van der Waals surface area contributed by atoms with E-state index in [4.69, 9.17) is 9.47 Å². The van der Waals surface area contributed by atoms with Gasteiger partial charge in [-0.05, 0) is 13.3 Å². The molecule has 0 aromatic carbocycles. The van der Waals surface area contributed by atoms with Crippen LogP contribution >= 0.6 is 0 Å². The predicted molar refractivity (Wildman–Crippen MR) is 125 cm³/mol. The summed E-state index contributed by atoms with van der Waals surface area (Å²) in [5.74, 6) is 0. The fourth-order valence-electron chi connectivity index (χ4n) is 3.49. The van der Waals surface area contributed by atoms with Crippen LogP contribution in [0.15, 0.2) is 0 Å². The number of carbonyl (C=O) groups excluding carboxylic acids is 1. The monoisotopic (exact) mass is 449 g/mol. The molecule has 0 aliphatic carbocycles. The predicted octanol–water partition coefficient (Wildman–Crippen LogP) is 6.56. The van der Waals surface area contributed by atoms with Crippen LogP contribution in [0.3, 0.4) is 0 Å². The minimum absolute atomic E-state index is 0.400. The van der Waals surface area contributed by atoms with Gasteiger partial charge in [0.2, 0.25) is 0 Å². The Morgan fingerprint density at radius 3 is 1.60 bits per heavy atom. The smallest absolute Gasteiger partial charge is 0.407 e. The summed E-state index contributed by atoms with van der Waals surface area (Å²) in [5.41, 5.74) is -1.02. The average molecular weight is 450 g/mol.